The maximum Gasteiger partial charge on any atom is 0.222 e. The van der Waals surface area contributed by atoms with Crippen molar-refractivity contribution < 1.29 is 4.74 Å². The summed E-state index contributed by atoms with van der Waals surface area (Å²) >= 11 is 1.65. The molecule has 2 aromatic heterocycles. The third-order valence-electron chi connectivity index (χ3n) is 5.79. The van der Waals surface area contributed by atoms with Crippen molar-refractivity contribution in [1.82, 2.24) is 9.97 Å². The van der Waals surface area contributed by atoms with E-state index in [1.54, 1.807) is 11.3 Å². The summed E-state index contributed by atoms with van der Waals surface area (Å²) in [5.41, 5.74) is 3.24. The number of anilines is 2. The van der Waals surface area contributed by atoms with E-state index >= 15 is 0 Å². The fraction of sp³-hybridized carbons (Fsp3) is 0.280. The monoisotopic (exact) mass is 415 g/mol. The van der Waals surface area contributed by atoms with Crippen LogP contribution in [-0.4, -0.2) is 9.97 Å². The number of thiazole rings is 1. The highest BCUT2D eigenvalue weighted by molar-refractivity contribution is 7.22. The van der Waals surface area contributed by atoms with E-state index in [4.69, 9.17) is 4.74 Å². The van der Waals surface area contributed by atoms with E-state index < -0.39 is 0 Å². The summed E-state index contributed by atoms with van der Waals surface area (Å²) in [6.07, 6.45) is 6.86. The van der Waals surface area contributed by atoms with Gasteiger partial charge in [0.25, 0.3) is 0 Å². The van der Waals surface area contributed by atoms with E-state index in [2.05, 4.69) is 34.3 Å². The van der Waals surface area contributed by atoms with Gasteiger partial charge in [0.05, 0.1) is 10.2 Å². The van der Waals surface area contributed by atoms with Crippen molar-refractivity contribution in [2.45, 2.75) is 38.5 Å². The number of rotatable bonds is 5. The van der Waals surface area contributed by atoms with Gasteiger partial charge in [-0.3, -0.25) is 0 Å². The Bertz CT molecular complexity index is 1110. The van der Waals surface area contributed by atoms with Crippen LogP contribution in [0.1, 0.15) is 44.1 Å². The zero-order valence-electron chi connectivity index (χ0n) is 17.0. The van der Waals surface area contributed by atoms with Crippen molar-refractivity contribution in [2.24, 2.45) is 5.92 Å². The number of hydrogen-bond donors (Lipinski definition) is 1. The second-order valence-electron chi connectivity index (χ2n) is 8.10. The number of para-hydroxylation sites is 1. The van der Waals surface area contributed by atoms with Gasteiger partial charge in [-0.05, 0) is 67.1 Å². The van der Waals surface area contributed by atoms with Crippen LogP contribution < -0.4 is 10.1 Å². The maximum atomic E-state index is 6.20. The molecule has 2 atom stereocenters. The highest BCUT2D eigenvalue weighted by Gasteiger charge is 2.23. The fourth-order valence-electron chi connectivity index (χ4n) is 4.28. The van der Waals surface area contributed by atoms with Gasteiger partial charge >= 0.3 is 0 Å². The minimum absolute atomic E-state index is 0.539. The first-order valence-corrected chi connectivity index (χ1v) is 11.4. The van der Waals surface area contributed by atoms with Crippen molar-refractivity contribution in [3.8, 4) is 11.6 Å². The van der Waals surface area contributed by atoms with E-state index in [9.17, 15) is 0 Å². The Morgan fingerprint density at radius 1 is 1.00 bits per heavy atom. The predicted octanol–water partition coefficient (Wildman–Crippen LogP) is 7.52. The van der Waals surface area contributed by atoms with Gasteiger partial charge in [-0.25, -0.2) is 9.97 Å². The highest BCUT2D eigenvalue weighted by Crippen LogP contribution is 2.40. The largest absolute Gasteiger partial charge is 0.439 e. The second-order valence-corrected chi connectivity index (χ2v) is 9.14. The molecule has 1 N–H and O–H groups in total. The molecular weight excluding hydrogens is 390 g/mol. The van der Waals surface area contributed by atoms with Crippen molar-refractivity contribution in [1.29, 1.82) is 0 Å². The lowest BCUT2D eigenvalue weighted by molar-refractivity contribution is 0.335. The highest BCUT2D eigenvalue weighted by atomic mass is 32.1. The molecular formula is C25H25N3OS. The average molecular weight is 416 g/mol. The summed E-state index contributed by atoms with van der Waals surface area (Å²) in [5.74, 6) is 2.85. The Balaban J connectivity index is 1.30. The summed E-state index contributed by atoms with van der Waals surface area (Å²) in [4.78, 5) is 9.18. The van der Waals surface area contributed by atoms with Crippen LogP contribution in [0, 0.1) is 5.92 Å². The number of pyridine rings is 1. The number of benzene rings is 2. The van der Waals surface area contributed by atoms with Crippen molar-refractivity contribution >= 4 is 32.4 Å². The van der Waals surface area contributed by atoms with Crippen molar-refractivity contribution in [2.75, 3.05) is 5.32 Å². The van der Waals surface area contributed by atoms with Crippen LogP contribution in [0.15, 0.2) is 66.9 Å². The molecule has 30 heavy (non-hydrogen) atoms. The van der Waals surface area contributed by atoms with Gasteiger partial charge in [-0.2, -0.15) is 0 Å². The lowest BCUT2D eigenvalue weighted by Gasteiger charge is -2.27. The molecule has 2 heterocycles. The topological polar surface area (TPSA) is 47.0 Å². The van der Waals surface area contributed by atoms with Gasteiger partial charge in [-0.15, -0.1) is 0 Å². The summed E-state index contributed by atoms with van der Waals surface area (Å²) in [6, 6.07) is 20.4. The van der Waals surface area contributed by atoms with Crippen LogP contribution in [0.2, 0.25) is 0 Å². The zero-order chi connectivity index (χ0) is 20.3. The molecule has 5 rings (SSSR count). The number of aromatic nitrogens is 2. The van der Waals surface area contributed by atoms with Gasteiger partial charge in [-0.1, -0.05) is 49.3 Å². The van der Waals surface area contributed by atoms with Gasteiger partial charge in [0.1, 0.15) is 5.75 Å². The average Bonchev–Trinajstić information content (AvgIpc) is 3.18. The molecule has 0 amide bonds. The summed E-state index contributed by atoms with van der Waals surface area (Å²) < 4.78 is 7.38. The summed E-state index contributed by atoms with van der Waals surface area (Å²) in [7, 11) is 0. The van der Waals surface area contributed by atoms with Gasteiger partial charge in [0.2, 0.25) is 5.88 Å². The van der Waals surface area contributed by atoms with Crippen LogP contribution in [0.3, 0.4) is 0 Å². The van der Waals surface area contributed by atoms with Crippen molar-refractivity contribution in [3.05, 3.63) is 72.4 Å². The molecule has 1 aliphatic rings. The lowest BCUT2D eigenvalue weighted by atomic mass is 9.79. The van der Waals surface area contributed by atoms with E-state index in [0.717, 1.165) is 33.9 Å². The smallest absolute Gasteiger partial charge is 0.222 e. The van der Waals surface area contributed by atoms with E-state index in [1.165, 1.54) is 35.9 Å². The third-order valence-corrected chi connectivity index (χ3v) is 6.74. The number of hydrogen-bond acceptors (Lipinski definition) is 5. The Morgan fingerprint density at radius 2 is 1.87 bits per heavy atom. The first kappa shape index (κ1) is 19.1. The Hall–Kier alpha value is -2.92. The molecule has 5 heteroatoms. The Morgan fingerprint density at radius 3 is 2.70 bits per heavy atom. The number of nitrogens with zero attached hydrogens (tertiary/aromatic N) is 2. The second kappa shape index (κ2) is 8.44. The molecule has 1 saturated carbocycles. The molecule has 1 fully saturated rings. The minimum Gasteiger partial charge on any atom is -0.439 e. The lowest BCUT2D eigenvalue weighted by Crippen LogP contribution is -2.12. The Labute approximate surface area is 181 Å². The number of ether oxygens (including phenoxy) is 1. The van der Waals surface area contributed by atoms with Crippen LogP contribution in [0.4, 0.5) is 10.8 Å². The minimum atomic E-state index is 0.539. The normalized spacial score (nSPS) is 19.0. The van der Waals surface area contributed by atoms with E-state index in [0.29, 0.717) is 5.92 Å². The molecule has 4 nitrogen and oxygen atoms in total. The van der Waals surface area contributed by atoms with Gasteiger partial charge in [0, 0.05) is 17.4 Å². The summed E-state index contributed by atoms with van der Waals surface area (Å²) in [5, 5.41) is 4.28. The Kier molecular flexibility index (Phi) is 5.37. The van der Waals surface area contributed by atoms with Crippen LogP contribution in [0.25, 0.3) is 10.2 Å². The van der Waals surface area contributed by atoms with Crippen LogP contribution in [0.5, 0.6) is 11.6 Å². The molecule has 1 aliphatic carbocycles. The molecule has 0 bridgehead atoms. The number of nitrogens with one attached hydrogen (secondary N) is 1. The molecule has 0 saturated heterocycles. The number of fused-ring (bicyclic) bond motifs is 1. The molecule has 0 unspecified atom stereocenters. The summed E-state index contributed by atoms with van der Waals surface area (Å²) in [6.45, 7) is 2.35. The SMILES string of the molecule is C[C@@H]1CCC[C@H](c2cccnc2Oc2ccc(Nc3nc4ccccc4s3)cc2)C1. The first-order valence-electron chi connectivity index (χ1n) is 10.6. The molecule has 2 aromatic carbocycles. The van der Waals surface area contributed by atoms with E-state index in [1.807, 2.05) is 54.7 Å². The zero-order valence-corrected chi connectivity index (χ0v) is 17.9. The predicted molar refractivity (Wildman–Crippen MR) is 124 cm³/mol. The molecule has 152 valence electrons. The maximum absolute atomic E-state index is 6.20. The third kappa shape index (κ3) is 4.17. The fourth-order valence-corrected chi connectivity index (χ4v) is 5.17. The van der Waals surface area contributed by atoms with Crippen molar-refractivity contribution in [3.63, 3.8) is 0 Å². The molecule has 0 radical (unpaired) electrons. The molecule has 0 spiro atoms. The van der Waals surface area contributed by atoms with Gasteiger partial charge < -0.3 is 10.1 Å². The first-order chi connectivity index (χ1) is 14.7. The molecule has 4 aromatic rings. The van der Waals surface area contributed by atoms with Crippen LogP contribution >= 0.6 is 11.3 Å². The molecule has 0 aliphatic heterocycles. The quantitative estimate of drug-likeness (QED) is 0.366. The van der Waals surface area contributed by atoms with Crippen LogP contribution in [-0.2, 0) is 0 Å². The van der Waals surface area contributed by atoms with Gasteiger partial charge in [0.15, 0.2) is 5.13 Å². The standard InChI is InChI=1S/C25H25N3OS/c1-17-6-4-7-18(16-17)21-8-5-15-26-24(21)29-20-13-11-19(12-14-20)27-25-28-22-9-2-3-10-23(22)30-25/h2-3,5,8-15,17-18H,4,6-7,16H2,1H3,(H,27,28)/t17-,18+/m1/s1. The van der Waals surface area contributed by atoms with E-state index in [-0.39, 0.29) is 0 Å².